The third kappa shape index (κ3) is 21.4. The van der Waals surface area contributed by atoms with Crippen molar-refractivity contribution in [3.05, 3.63) is 29.8 Å². The molecule has 28 heavy (non-hydrogen) atoms. The van der Waals surface area contributed by atoms with Crippen molar-refractivity contribution in [2.75, 3.05) is 26.4 Å². The Labute approximate surface area is 170 Å². The molecule has 0 saturated heterocycles. The summed E-state index contributed by atoms with van der Waals surface area (Å²) in [4.78, 5) is 17.7. The van der Waals surface area contributed by atoms with Gasteiger partial charge in [0.1, 0.15) is 5.75 Å². The van der Waals surface area contributed by atoms with Crippen LogP contribution in [0.3, 0.4) is 0 Å². The third-order valence-corrected chi connectivity index (χ3v) is 3.93. The lowest BCUT2D eigenvalue weighted by molar-refractivity contribution is 0.162. The van der Waals surface area contributed by atoms with E-state index < -0.39 is 7.82 Å². The molecule has 0 aliphatic rings. The van der Waals surface area contributed by atoms with E-state index in [4.69, 9.17) is 29.3 Å². The first-order valence-corrected chi connectivity index (χ1v) is 11.5. The molecule has 0 saturated carbocycles. The van der Waals surface area contributed by atoms with Crippen LogP contribution in [0.5, 0.6) is 5.75 Å². The highest BCUT2D eigenvalue weighted by atomic mass is 31.2. The van der Waals surface area contributed by atoms with Crippen molar-refractivity contribution in [1.29, 1.82) is 0 Å². The predicted octanol–water partition coefficient (Wildman–Crippen LogP) is 4.07. The highest BCUT2D eigenvalue weighted by molar-refractivity contribution is 7.46. The average molecular weight is 422 g/mol. The molecule has 0 unspecified atom stereocenters. The average Bonchev–Trinajstić information content (AvgIpc) is 2.66. The number of aryl methyl sites for hydroxylation is 1. The van der Waals surface area contributed by atoms with Gasteiger partial charge in [0.2, 0.25) is 0 Å². The van der Waals surface area contributed by atoms with Crippen molar-refractivity contribution < 1.29 is 33.8 Å². The lowest BCUT2D eigenvalue weighted by Gasteiger charge is -2.11. The van der Waals surface area contributed by atoms with Crippen molar-refractivity contribution in [3.8, 4) is 5.75 Å². The van der Waals surface area contributed by atoms with E-state index >= 15 is 0 Å². The molecular weight excluding hydrogens is 383 g/mol. The maximum absolute atomic E-state index is 10.9. The number of hydrogen-bond acceptors (Lipinski definition) is 5. The third-order valence-electron chi connectivity index (χ3n) is 3.50. The molecule has 1 aromatic carbocycles. The monoisotopic (exact) mass is 422 g/mol. The Morgan fingerprint density at radius 2 is 1.39 bits per heavy atom. The van der Waals surface area contributed by atoms with Gasteiger partial charge in [-0.05, 0) is 38.3 Å². The van der Waals surface area contributed by atoms with Crippen molar-refractivity contribution >= 4 is 7.82 Å². The van der Waals surface area contributed by atoms with Crippen molar-refractivity contribution in [3.63, 3.8) is 0 Å². The summed E-state index contributed by atoms with van der Waals surface area (Å²) in [5.74, 6) is 0.296. The maximum atomic E-state index is 10.9. The highest BCUT2D eigenvalue weighted by Crippen LogP contribution is 2.39. The van der Waals surface area contributed by atoms with Gasteiger partial charge in [0.25, 0.3) is 0 Å². The molecule has 1 aromatic rings. The van der Waals surface area contributed by atoms with Crippen LogP contribution >= 0.6 is 7.82 Å². The number of ether oxygens (including phenoxy) is 1. The molecule has 7 nitrogen and oxygen atoms in total. The van der Waals surface area contributed by atoms with E-state index in [1.807, 2.05) is 26.0 Å². The highest BCUT2D eigenvalue weighted by Gasteiger charge is 2.17. The van der Waals surface area contributed by atoms with E-state index in [0.717, 1.165) is 38.0 Å². The number of benzene rings is 1. The number of rotatable bonds is 12. The van der Waals surface area contributed by atoms with Gasteiger partial charge in [-0.2, -0.15) is 0 Å². The first-order chi connectivity index (χ1) is 13.4. The normalized spacial score (nSPS) is 10.4. The number of unbranched alkanes of at least 4 members (excludes halogenated alkanes) is 5. The largest absolute Gasteiger partial charge is 0.524 e. The molecule has 0 amide bonds. The van der Waals surface area contributed by atoms with Gasteiger partial charge in [0, 0.05) is 13.2 Å². The first-order valence-electron chi connectivity index (χ1n) is 9.98. The van der Waals surface area contributed by atoms with Gasteiger partial charge >= 0.3 is 7.82 Å². The number of aliphatic hydroxyl groups is 2. The van der Waals surface area contributed by atoms with Crippen LogP contribution in [0.15, 0.2) is 24.3 Å². The van der Waals surface area contributed by atoms with Crippen LogP contribution in [0.25, 0.3) is 0 Å². The standard InChI is InChI=1S/C14H23O4P.C4H10O.C2H6O2/c1-2-3-4-5-6-7-10-13-11-8-9-12-14(13)18-19(15,16)17;1-3-5-4-2;3-1-2-4/h8-9,11-12H,2-7,10H2,1H3,(H2,15,16,17);3-4H2,1-2H3;3-4H,1-2H2. The van der Waals surface area contributed by atoms with Gasteiger partial charge in [-0.25, -0.2) is 4.57 Å². The molecule has 0 spiro atoms. The number of phosphoric ester groups is 1. The summed E-state index contributed by atoms with van der Waals surface area (Å²) in [5, 5.41) is 15.2. The summed E-state index contributed by atoms with van der Waals surface area (Å²) >= 11 is 0. The van der Waals surface area contributed by atoms with E-state index in [9.17, 15) is 4.57 Å². The Balaban J connectivity index is 0. The second kappa shape index (κ2) is 20.8. The molecule has 4 N–H and O–H groups in total. The van der Waals surface area contributed by atoms with E-state index in [-0.39, 0.29) is 13.2 Å². The minimum absolute atomic E-state index is 0.125. The Morgan fingerprint density at radius 3 is 1.86 bits per heavy atom. The zero-order valence-corrected chi connectivity index (χ0v) is 18.4. The Bertz CT molecular complexity index is 487. The SMILES string of the molecule is CCCCCCCCc1ccccc1OP(=O)(O)O.CCOCC.OCCO. The number of para-hydroxylation sites is 1. The maximum Gasteiger partial charge on any atom is 0.524 e. The fourth-order valence-corrected chi connectivity index (χ4v) is 2.66. The van der Waals surface area contributed by atoms with E-state index in [0.29, 0.717) is 5.75 Å². The Morgan fingerprint density at radius 1 is 0.857 bits per heavy atom. The molecule has 8 heteroatoms. The molecule has 0 heterocycles. The Hall–Kier alpha value is -0.950. The van der Waals surface area contributed by atoms with Crippen molar-refractivity contribution in [1.82, 2.24) is 0 Å². The van der Waals surface area contributed by atoms with Crippen molar-refractivity contribution in [2.24, 2.45) is 0 Å². The van der Waals surface area contributed by atoms with E-state index in [1.165, 1.54) is 25.7 Å². The second-order valence-electron chi connectivity index (χ2n) is 5.94. The van der Waals surface area contributed by atoms with E-state index in [1.54, 1.807) is 12.1 Å². The van der Waals surface area contributed by atoms with Gasteiger partial charge in [0.05, 0.1) is 13.2 Å². The molecule has 1 rings (SSSR count). The van der Waals surface area contributed by atoms with Gasteiger partial charge < -0.3 is 19.5 Å². The van der Waals surface area contributed by atoms with Crippen LogP contribution in [-0.2, 0) is 15.7 Å². The fourth-order valence-electron chi connectivity index (χ4n) is 2.23. The molecule has 0 bridgehead atoms. The quantitative estimate of drug-likeness (QED) is 0.296. The van der Waals surface area contributed by atoms with Gasteiger partial charge in [-0.3, -0.25) is 9.79 Å². The van der Waals surface area contributed by atoms with Crippen LogP contribution in [0.1, 0.15) is 64.9 Å². The summed E-state index contributed by atoms with van der Waals surface area (Å²) in [6.07, 6.45) is 7.95. The van der Waals surface area contributed by atoms with E-state index in [2.05, 4.69) is 6.92 Å². The summed E-state index contributed by atoms with van der Waals surface area (Å²) in [5.41, 5.74) is 0.862. The molecule has 0 fully saturated rings. The van der Waals surface area contributed by atoms with Gasteiger partial charge in [-0.15, -0.1) is 0 Å². The Kier molecular flexibility index (Phi) is 21.7. The molecule has 0 aliphatic carbocycles. The minimum atomic E-state index is -4.47. The number of phosphoric acid groups is 1. The lowest BCUT2D eigenvalue weighted by atomic mass is 10.0. The fraction of sp³-hybridized carbons (Fsp3) is 0.700. The smallest absolute Gasteiger partial charge is 0.404 e. The zero-order chi connectivity index (χ0) is 21.7. The molecule has 0 aliphatic heterocycles. The topological polar surface area (TPSA) is 116 Å². The molecule has 0 atom stereocenters. The van der Waals surface area contributed by atoms with Gasteiger partial charge in [-0.1, -0.05) is 57.2 Å². The van der Waals surface area contributed by atoms with Crippen LogP contribution in [0.2, 0.25) is 0 Å². The zero-order valence-electron chi connectivity index (χ0n) is 17.5. The summed E-state index contributed by atoms with van der Waals surface area (Å²) < 4.78 is 20.4. The molecule has 0 radical (unpaired) electrons. The second-order valence-corrected chi connectivity index (χ2v) is 7.10. The molecule has 166 valence electrons. The minimum Gasteiger partial charge on any atom is -0.404 e. The molecule has 0 aromatic heterocycles. The summed E-state index contributed by atoms with van der Waals surface area (Å²) in [6.45, 7) is 7.61. The molecular formula is C20H39O7P. The first kappa shape index (κ1) is 29.3. The van der Waals surface area contributed by atoms with Crippen LogP contribution in [0, 0.1) is 0 Å². The summed E-state index contributed by atoms with van der Waals surface area (Å²) in [6, 6.07) is 7.04. The lowest BCUT2D eigenvalue weighted by Crippen LogP contribution is -1.95. The number of hydrogen-bond donors (Lipinski definition) is 4. The number of aliphatic hydroxyl groups excluding tert-OH is 2. The van der Waals surface area contributed by atoms with Crippen LogP contribution in [-0.4, -0.2) is 46.4 Å². The van der Waals surface area contributed by atoms with Crippen LogP contribution in [0.4, 0.5) is 0 Å². The van der Waals surface area contributed by atoms with Gasteiger partial charge in [0.15, 0.2) is 0 Å². The van der Waals surface area contributed by atoms with Crippen LogP contribution < -0.4 is 4.52 Å². The summed E-state index contributed by atoms with van der Waals surface area (Å²) in [7, 11) is -4.47. The van der Waals surface area contributed by atoms with Crippen molar-refractivity contribution in [2.45, 2.75) is 65.7 Å². The predicted molar refractivity (Wildman–Crippen MR) is 113 cm³/mol.